The van der Waals surface area contributed by atoms with Gasteiger partial charge in [-0.3, -0.25) is 14.0 Å². The van der Waals surface area contributed by atoms with Gasteiger partial charge in [0.05, 0.1) is 6.04 Å². The number of aromatic nitrogens is 3. The third-order valence-electron chi connectivity index (χ3n) is 5.80. The molecule has 8 heteroatoms. The summed E-state index contributed by atoms with van der Waals surface area (Å²) in [6, 6.07) is 7.16. The second kappa shape index (κ2) is 8.79. The van der Waals surface area contributed by atoms with E-state index in [-0.39, 0.29) is 17.5 Å². The van der Waals surface area contributed by atoms with Gasteiger partial charge in [-0.1, -0.05) is 17.5 Å². The minimum absolute atomic E-state index is 0.126. The summed E-state index contributed by atoms with van der Waals surface area (Å²) in [6.07, 6.45) is 7.69. The number of anilines is 1. The van der Waals surface area contributed by atoms with Crippen LogP contribution in [0.3, 0.4) is 0 Å². The summed E-state index contributed by atoms with van der Waals surface area (Å²) < 4.78 is 8.46. The van der Waals surface area contributed by atoms with Crippen molar-refractivity contribution in [1.82, 2.24) is 14.7 Å². The number of methoxy groups -OCH3 is 1. The molecule has 0 aromatic carbocycles. The van der Waals surface area contributed by atoms with E-state index in [9.17, 15) is 9.59 Å². The molecule has 0 atom stereocenters. The molecule has 1 saturated carbocycles. The Kier molecular flexibility index (Phi) is 5.94. The van der Waals surface area contributed by atoms with Gasteiger partial charge in [-0.05, 0) is 50.3 Å². The average molecular weight is 410 g/mol. The van der Waals surface area contributed by atoms with E-state index in [1.54, 1.807) is 31.5 Å². The lowest BCUT2D eigenvalue weighted by Gasteiger charge is -2.23. The number of nitrogens with two attached hydrogens (primary N) is 1. The number of nitrogens with zero attached hydrogens (tertiary/aromatic N) is 3. The number of fused-ring (bicyclic) bond motifs is 2. The SMILES string of the molecule is COCCCNC(=O)c1cc2c(=O)n3ccccc3nc2[n+](C2CCCCC2)c1N. The fraction of sp³-hybridized carbons (Fsp3) is 0.455. The van der Waals surface area contributed by atoms with Gasteiger partial charge in [0, 0.05) is 26.5 Å². The number of carbonyl (C=O) groups is 1. The third kappa shape index (κ3) is 3.75. The van der Waals surface area contributed by atoms with Gasteiger partial charge >= 0.3 is 0 Å². The van der Waals surface area contributed by atoms with E-state index in [1.165, 1.54) is 10.8 Å². The summed E-state index contributed by atoms with van der Waals surface area (Å²) >= 11 is 0. The maximum absolute atomic E-state index is 13.2. The Morgan fingerprint density at radius 3 is 2.90 bits per heavy atom. The average Bonchev–Trinajstić information content (AvgIpc) is 2.77. The second-order valence-corrected chi connectivity index (χ2v) is 7.79. The standard InChI is InChI=1S/C22H27N5O3/c1-30-13-7-11-24-21(28)16-14-17-20(25-18-10-5-6-12-26(18)22(17)29)27(19(16)23)15-8-3-2-4-9-15/h5-6,10,12,14-15,23H,2-4,7-9,11,13H2,1H3,(H,24,28)/p+1. The molecule has 0 spiro atoms. The highest BCUT2D eigenvalue weighted by Crippen LogP contribution is 2.27. The zero-order chi connectivity index (χ0) is 21.1. The maximum atomic E-state index is 13.2. The zero-order valence-corrected chi connectivity index (χ0v) is 17.3. The van der Waals surface area contributed by atoms with Crippen LogP contribution >= 0.6 is 0 Å². The molecule has 3 aromatic heterocycles. The van der Waals surface area contributed by atoms with Crippen molar-refractivity contribution in [3.63, 3.8) is 0 Å². The number of hydrogen-bond donors (Lipinski definition) is 2. The van der Waals surface area contributed by atoms with E-state index in [0.29, 0.717) is 47.6 Å². The number of ether oxygens (including phenoxy) is 1. The lowest BCUT2D eigenvalue weighted by Crippen LogP contribution is -2.47. The van der Waals surface area contributed by atoms with Gasteiger partial charge in [-0.15, -0.1) is 0 Å². The van der Waals surface area contributed by atoms with E-state index in [4.69, 9.17) is 15.5 Å². The molecule has 0 radical (unpaired) electrons. The minimum Gasteiger partial charge on any atom is -0.385 e. The number of amides is 1. The number of nitrogen functional groups attached to an aromatic ring is 1. The van der Waals surface area contributed by atoms with Gasteiger partial charge in [-0.2, -0.15) is 0 Å². The van der Waals surface area contributed by atoms with Crippen LogP contribution in [-0.4, -0.2) is 35.6 Å². The summed E-state index contributed by atoms with van der Waals surface area (Å²) in [5.41, 5.74) is 7.77. The quantitative estimate of drug-likeness (QED) is 0.368. The highest BCUT2D eigenvalue weighted by molar-refractivity contribution is 6.00. The molecular formula is C22H28N5O3+. The van der Waals surface area contributed by atoms with Crippen LogP contribution in [0.1, 0.15) is 54.9 Å². The van der Waals surface area contributed by atoms with Crippen molar-refractivity contribution in [1.29, 1.82) is 0 Å². The molecule has 4 rings (SSSR count). The lowest BCUT2D eigenvalue weighted by atomic mass is 9.94. The van der Waals surface area contributed by atoms with Crippen molar-refractivity contribution in [3.05, 3.63) is 46.4 Å². The molecule has 1 aliphatic carbocycles. The first-order chi connectivity index (χ1) is 14.6. The Balaban J connectivity index is 1.89. The van der Waals surface area contributed by atoms with Gasteiger partial charge in [0.1, 0.15) is 10.9 Å². The Morgan fingerprint density at radius 1 is 1.33 bits per heavy atom. The molecule has 3 N–H and O–H groups in total. The predicted molar refractivity (Wildman–Crippen MR) is 115 cm³/mol. The van der Waals surface area contributed by atoms with Gasteiger partial charge in [0.2, 0.25) is 11.5 Å². The van der Waals surface area contributed by atoms with Crippen molar-refractivity contribution in [3.8, 4) is 0 Å². The third-order valence-corrected chi connectivity index (χ3v) is 5.80. The number of rotatable bonds is 6. The predicted octanol–water partition coefficient (Wildman–Crippen LogP) is 1.99. The largest absolute Gasteiger partial charge is 0.385 e. The van der Waals surface area contributed by atoms with E-state index in [2.05, 4.69) is 5.32 Å². The molecule has 0 saturated heterocycles. The molecule has 3 aromatic rings. The smallest absolute Gasteiger partial charge is 0.278 e. The van der Waals surface area contributed by atoms with Crippen LogP contribution in [0.4, 0.5) is 5.82 Å². The first-order valence-electron chi connectivity index (χ1n) is 10.5. The number of nitrogens with one attached hydrogen (secondary N) is 1. The fourth-order valence-corrected chi connectivity index (χ4v) is 4.27. The summed E-state index contributed by atoms with van der Waals surface area (Å²) in [5.74, 6) is 0.0819. The van der Waals surface area contributed by atoms with Gasteiger partial charge in [0.15, 0.2) is 0 Å². The van der Waals surface area contributed by atoms with Crippen molar-refractivity contribution >= 4 is 28.4 Å². The number of hydrogen-bond acceptors (Lipinski definition) is 5. The van der Waals surface area contributed by atoms with Crippen LogP contribution in [0.5, 0.6) is 0 Å². The van der Waals surface area contributed by atoms with Crippen LogP contribution in [0, 0.1) is 0 Å². The van der Waals surface area contributed by atoms with Gasteiger partial charge in [-0.25, -0.2) is 4.57 Å². The Labute approximate surface area is 174 Å². The summed E-state index contributed by atoms with van der Waals surface area (Å²) in [4.78, 5) is 30.9. The van der Waals surface area contributed by atoms with Crippen molar-refractivity contribution in [2.24, 2.45) is 0 Å². The van der Waals surface area contributed by atoms with E-state index in [0.717, 1.165) is 25.7 Å². The number of carbonyl (C=O) groups excluding carboxylic acids is 1. The van der Waals surface area contributed by atoms with Gasteiger partial charge in [0.25, 0.3) is 17.1 Å². The molecule has 1 fully saturated rings. The molecule has 30 heavy (non-hydrogen) atoms. The Hall–Kier alpha value is -3.00. The molecule has 158 valence electrons. The maximum Gasteiger partial charge on any atom is 0.278 e. The highest BCUT2D eigenvalue weighted by Gasteiger charge is 2.29. The minimum atomic E-state index is -0.285. The highest BCUT2D eigenvalue weighted by atomic mass is 16.5. The van der Waals surface area contributed by atoms with Crippen molar-refractivity contribution < 1.29 is 14.1 Å². The van der Waals surface area contributed by atoms with Crippen molar-refractivity contribution in [2.45, 2.75) is 44.6 Å². The van der Waals surface area contributed by atoms with E-state index >= 15 is 0 Å². The Morgan fingerprint density at radius 2 is 2.13 bits per heavy atom. The normalized spacial score (nSPS) is 15.0. The fourth-order valence-electron chi connectivity index (χ4n) is 4.27. The van der Waals surface area contributed by atoms with E-state index < -0.39 is 0 Å². The first-order valence-corrected chi connectivity index (χ1v) is 10.5. The van der Waals surface area contributed by atoms with Crippen LogP contribution in [-0.2, 0) is 4.74 Å². The van der Waals surface area contributed by atoms with Gasteiger partial charge < -0.3 is 15.8 Å². The number of pyridine rings is 2. The topological polar surface area (TPSA) is 103 Å². The molecule has 0 bridgehead atoms. The molecular weight excluding hydrogens is 382 g/mol. The lowest BCUT2D eigenvalue weighted by molar-refractivity contribution is -0.689. The molecule has 0 aliphatic heterocycles. The summed E-state index contributed by atoms with van der Waals surface area (Å²) in [7, 11) is 1.63. The summed E-state index contributed by atoms with van der Waals surface area (Å²) in [5, 5.41) is 3.29. The van der Waals surface area contributed by atoms with Crippen LogP contribution in [0.25, 0.3) is 16.7 Å². The van der Waals surface area contributed by atoms with Crippen molar-refractivity contribution in [2.75, 3.05) is 26.0 Å². The molecule has 0 unspecified atom stereocenters. The molecule has 8 nitrogen and oxygen atoms in total. The molecule has 3 heterocycles. The van der Waals surface area contributed by atoms with Crippen LogP contribution in [0.15, 0.2) is 35.3 Å². The Bertz CT molecular complexity index is 1140. The first kappa shape index (κ1) is 20.3. The molecule has 1 amide bonds. The van der Waals surface area contributed by atoms with Crippen LogP contribution < -0.4 is 21.2 Å². The van der Waals surface area contributed by atoms with Crippen LogP contribution in [0.2, 0.25) is 0 Å². The monoisotopic (exact) mass is 410 g/mol. The second-order valence-electron chi connectivity index (χ2n) is 7.79. The molecule has 1 aliphatic rings. The summed E-state index contributed by atoms with van der Waals surface area (Å²) in [6.45, 7) is 1.04. The van der Waals surface area contributed by atoms with E-state index in [1.807, 2.05) is 10.6 Å². The zero-order valence-electron chi connectivity index (χ0n) is 17.3.